The maximum atomic E-state index is 13.7. The Bertz CT molecular complexity index is 6770. The molecular formula is C95H93BBrCl3F3N15O11S6. The Morgan fingerprint density at radius 3 is 1.05 bits per heavy atom. The monoisotopic (exact) mass is 2060 g/mol. The van der Waals surface area contributed by atoms with E-state index in [-0.39, 0.29) is 73.6 Å². The molecule has 0 spiro atoms. The van der Waals surface area contributed by atoms with Gasteiger partial charge in [-0.15, -0.1) is 34.0 Å². The van der Waals surface area contributed by atoms with Crippen molar-refractivity contribution in [1.82, 2.24) is 56.2 Å². The number of anilines is 3. The van der Waals surface area contributed by atoms with E-state index in [4.69, 9.17) is 39.8 Å². The number of hydrogen-bond acceptors (Lipinski definition) is 17. The number of likely N-dealkylation sites (N-methyl/N-ethyl adjacent to an activating group) is 3. The summed E-state index contributed by atoms with van der Waals surface area (Å²) in [5.74, 6) is -3.42. The molecule has 6 unspecified atom stereocenters. The first-order valence-electron chi connectivity index (χ1n) is 40.6. The Morgan fingerprint density at radius 2 is 0.748 bits per heavy atom. The van der Waals surface area contributed by atoms with Crippen LogP contribution < -0.4 is 35.7 Å². The second-order valence-electron chi connectivity index (χ2n) is 30.6. The number of thiophene rings is 3. The van der Waals surface area contributed by atoms with Gasteiger partial charge in [0, 0.05) is 65.2 Å². The lowest BCUT2D eigenvalue weighted by Crippen LogP contribution is -2.55. The van der Waals surface area contributed by atoms with E-state index in [1.54, 1.807) is 25.0 Å². The van der Waals surface area contributed by atoms with Gasteiger partial charge in [0.2, 0.25) is 17.7 Å². The number of imidazole rings is 3. The maximum absolute atomic E-state index is 13.7. The van der Waals surface area contributed by atoms with Gasteiger partial charge in [0.15, 0.2) is 0 Å². The number of rotatable bonds is 20. The standard InChI is InChI=1S/C37H31ClFN5O3S2.C22H19BN2O2.C18H17ClFN5O3S2.C15H14BrClFN3O3S2.3CH4/c1-43-33(36(45)41-28-17-18-30(39)29(38)21-28)22-31(42-49(43,46)47)34-19-20-35(48-34)32-23-44(24-40-32)37(25-11-5-2-6-12-25,26-13-7-3-8-14-26)27-15-9-4-10-16-27;26-23(27)21-16-25(17-24-21)22(18-10-4-1-5-11-18,19-12-6-2-7-13-19)20-14-8-3-9-15-20;1-25-15(18(26)23-10-2-3-12(20)11(19)6-10)7-13(24-30(25,27)28)16-4-5-17(29-16)14-8-21-9-22-14;1-21-12(15(22)19-8-2-3-10(18)9(17)6-8)7-11(20-26(21,23)24)13-4-5-14(16)25-13;;;/h2-21,23-24,31,33,42H,22H2,1H3,(H,41,45);1-17,26-27H;2-6,8-9,13,15,24H,7H2,1H3,(H,21,22)(H,23,26);2-6,11-12,20H,7H2,1H3,(H,19,22);3*1H4. The van der Waals surface area contributed by atoms with Crippen LogP contribution in [0.4, 0.5) is 30.2 Å². The molecule has 3 aliphatic rings. The number of nitrogens with zero attached hydrogens (tertiary/aromatic N) is 8. The van der Waals surface area contributed by atoms with Gasteiger partial charge in [-0.1, -0.05) is 239 Å². The van der Waals surface area contributed by atoms with Crippen LogP contribution in [0.15, 0.2) is 314 Å². The second kappa shape index (κ2) is 44.3. The zero-order valence-electron chi connectivity index (χ0n) is 69.8. The smallest absolute Gasteiger partial charge is 0.422 e. The van der Waals surface area contributed by atoms with Crippen molar-refractivity contribution in [3.8, 4) is 21.1 Å². The average molecular weight is 2070 g/mol. The lowest BCUT2D eigenvalue weighted by molar-refractivity contribution is -0.120. The summed E-state index contributed by atoms with van der Waals surface area (Å²) in [5, 5.41) is 26.7. The summed E-state index contributed by atoms with van der Waals surface area (Å²) in [6.45, 7) is 0. The summed E-state index contributed by atoms with van der Waals surface area (Å²) in [4.78, 5) is 59.0. The average Bonchev–Trinajstić information content (AvgIpc) is 1.72. The van der Waals surface area contributed by atoms with Crippen molar-refractivity contribution >= 4 is 163 Å². The molecule has 0 saturated carbocycles. The summed E-state index contributed by atoms with van der Waals surface area (Å²) in [5.41, 5.74) is 7.54. The van der Waals surface area contributed by atoms with E-state index >= 15 is 0 Å². The number of halogens is 7. The van der Waals surface area contributed by atoms with Crippen molar-refractivity contribution in [2.75, 3.05) is 37.1 Å². The van der Waals surface area contributed by atoms with E-state index < -0.39 is 120 Å². The van der Waals surface area contributed by atoms with Gasteiger partial charge in [-0.2, -0.15) is 52.3 Å². The molecule has 0 bridgehead atoms. The molecule has 9 heterocycles. The summed E-state index contributed by atoms with van der Waals surface area (Å²) in [7, 11) is -9.29. The molecule has 6 atom stereocenters. The van der Waals surface area contributed by atoms with Gasteiger partial charge in [0.05, 0.1) is 88.9 Å². The minimum atomic E-state index is -4.00. The Balaban J connectivity index is 0.000000167. The van der Waals surface area contributed by atoms with Crippen molar-refractivity contribution in [1.29, 1.82) is 0 Å². The third-order valence-electron chi connectivity index (χ3n) is 22.4. The number of carbonyl (C=O) groups is 3. The van der Waals surface area contributed by atoms with Crippen LogP contribution in [0.25, 0.3) is 21.1 Å². The van der Waals surface area contributed by atoms with Gasteiger partial charge in [-0.05, 0) is 160 Å². The minimum Gasteiger partial charge on any atom is -0.422 e. The number of hydrogen-bond donors (Lipinski definition) is 9. The number of benzene rings is 9. The molecule has 26 nitrogen and oxygen atoms in total. The lowest BCUT2D eigenvalue weighted by atomic mass is 9.76. The number of amides is 3. The molecule has 9 aromatic carbocycles. The van der Waals surface area contributed by atoms with Gasteiger partial charge in [-0.25, -0.2) is 28.1 Å². The van der Waals surface area contributed by atoms with E-state index in [2.05, 4.69) is 138 Å². The fourth-order valence-electron chi connectivity index (χ4n) is 15.8. The first-order valence-corrected chi connectivity index (χ1v) is 49.3. The first kappa shape index (κ1) is 103. The van der Waals surface area contributed by atoms with E-state index in [0.717, 1.165) is 104 Å². The number of aromatic amines is 1. The van der Waals surface area contributed by atoms with Crippen LogP contribution in [0.5, 0.6) is 0 Å². The second-order valence-corrected chi connectivity index (χ2v) is 41.8. The van der Waals surface area contributed by atoms with Gasteiger partial charge < -0.3 is 40.1 Å². The summed E-state index contributed by atoms with van der Waals surface area (Å²) in [6.07, 6.45) is 11.1. The van der Waals surface area contributed by atoms with Crippen LogP contribution in [0.1, 0.15) is 108 Å². The van der Waals surface area contributed by atoms with Gasteiger partial charge in [-0.3, -0.25) is 14.4 Å². The topological polar surface area (TPSA) is 340 Å². The molecule has 6 aromatic heterocycles. The number of aromatic nitrogens is 6. The highest BCUT2D eigenvalue weighted by atomic mass is 79.9. The van der Waals surface area contributed by atoms with Gasteiger partial charge in [0.25, 0.3) is 30.6 Å². The fourth-order valence-corrected chi connectivity index (χ4v) is 23.9. The Morgan fingerprint density at radius 1 is 0.437 bits per heavy atom. The van der Waals surface area contributed by atoms with Gasteiger partial charge in [0.1, 0.15) is 46.7 Å². The Kier molecular flexibility index (Phi) is 33.8. The normalized spacial score (nSPS) is 17.9. The van der Waals surface area contributed by atoms with Gasteiger partial charge >= 0.3 is 7.12 Å². The van der Waals surface area contributed by atoms with E-state index in [9.17, 15) is 62.9 Å². The SMILES string of the molecule is C.C.C.CN1C(C(=O)Nc2ccc(F)c(Cl)c2)CC(c2ccc(-c3cn(C(c4ccccc4)(c4ccccc4)c4ccccc4)cn3)s2)NS1(=O)=O.CN1C(C(=O)Nc2ccc(F)c(Cl)c2)CC(c2ccc(-c3cnc[nH]3)s2)NS1(=O)=O.CN1C(C(=O)Nc2ccc(F)c(Cl)c2)CC(c2ccc(Br)s2)NS1(=O)=O.OB(O)c1cn(C(c2ccccc2)(c2ccccc2)c2ccccc2)cn1. The fraction of sp³-hybridized carbons (Fsp3) is 0.179. The molecule has 0 radical (unpaired) electrons. The van der Waals surface area contributed by atoms with Crippen LogP contribution in [0.3, 0.4) is 0 Å². The molecule has 3 saturated heterocycles. The predicted octanol–water partition coefficient (Wildman–Crippen LogP) is 18.4. The van der Waals surface area contributed by atoms with E-state index in [1.165, 1.54) is 91.6 Å². The Hall–Kier alpha value is -11.1. The number of nitrogens with one attached hydrogen (secondary N) is 7. The largest absolute Gasteiger partial charge is 0.509 e. The van der Waals surface area contributed by atoms with Crippen molar-refractivity contribution in [3.63, 3.8) is 0 Å². The molecule has 15 aromatic rings. The summed E-state index contributed by atoms with van der Waals surface area (Å²) in [6, 6.07) is 79.2. The molecule has 18 rings (SSSR count). The highest BCUT2D eigenvalue weighted by molar-refractivity contribution is 9.11. The first-order chi connectivity index (χ1) is 63.3. The molecule has 135 heavy (non-hydrogen) atoms. The molecule has 3 amide bonds. The molecule has 9 N–H and O–H groups in total. The zero-order chi connectivity index (χ0) is 93.4. The quantitative estimate of drug-likeness (QED) is 0.0253. The van der Waals surface area contributed by atoms with Crippen LogP contribution in [0.2, 0.25) is 15.1 Å². The minimum absolute atomic E-state index is 0. The summed E-state index contributed by atoms with van der Waals surface area (Å²) >= 11 is 24.9. The summed E-state index contributed by atoms with van der Waals surface area (Å²) < 4.78 is 133. The molecular weight excluding hydrogens is 1970 g/mol. The van der Waals surface area contributed by atoms with Crippen LogP contribution in [-0.2, 0) is 56.1 Å². The van der Waals surface area contributed by atoms with E-state index in [0.29, 0.717) is 5.69 Å². The highest BCUT2D eigenvalue weighted by Crippen LogP contribution is 2.46. The molecule has 702 valence electrons. The number of carbonyl (C=O) groups excluding carboxylic acids is 3. The molecule has 3 aliphatic heterocycles. The lowest BCUT2D eigenvalue weighted by Gasteiger charge is -2.37. The third kappa shape index (κ3) is 22.7. The highest BCUT2D eigenvalue weighted by Gasteiger charge is 2.46. The van der Waals surface area contributed by atoms with Crippen LogP contribution in [-0.4, -0.2) is 141 Å². The van der Waals surface area contributed by atoms with Crippen LogP contribution in [0, 0.1) is 17.5 Å². The Labute approximate surface area is 817 Å². The predicted molar refractivity (Wildman–Crippen MR) is 534 cm³/mol. The van der Waals surface area contributed by atoms with Crippen molar-refractivity contribution in [2.45, 2.75) is 88.9 Å². The van der Waals surface area contributed by atoms with Crippen molar-refractivity contribution in [2.24, 2.45) is 0 Å². The van der Waals surface area contributed by atoms with E-state index in [1.807, 2.05) is 163 Å². The van der Waals surface area contributed by atoms with Crippen LogP contribution >= 0.6 is 84.7 Å². The van der Waals surface area contributed by atoms with Crippen molar-refractivity contribution < 1.29 is 62.9 Å². The molecule has 40 heteroatoms. The maximum Gasteiger partial charge on any atom is 0.509 e. The number of H-pyrrole nitrogens is 1. The molecule has 3 fully saturated rings. The van der Waals surface area contributed by atoms with Crippen molar-refractivity contribution in [3.05, 3.63) is 395 Å². The third-order valence-corrected chi connectivity index (χ3v) is 32.3. The molecule has 0 aliphatic carbocycles. The zero-order valence-corrected chi connectivity index (χ0v) is 78.6.